The van der Waals surface area contributed by atoms with Crippen LogP contribution in [0.4, 0.5) is 0 Å². The number of aryl methyl sites for hydroxylation is 1. The number of carboxylic acid groups (broad SMARTS) is 1. The van der Waals surface area contributed by atoms with Gasteiger partial charge in [0.25, 0.3) is 0 Å². The molecule has 1 aromatic rings. The molecule has 1 N–H and O–H groups in total. The van der Waals surface area contributed by atoms with Crippen LogP contribution in [-0.4, -0.2) is 20.6 Å². The van der Waals surface area contributed by atoms with Gasteiger partial charge in [0.05, 0.1) is 0 Å². The lowest BCUT2D eigenvalue weighted by Gasteiger charge is -2.18. The molecule has 0 atom stereocenters. The second-order valence-electron chi connectivity index (χ2n) is 3.29. The molecule has 0 fully saturated rings. The Morgan fingerprint density at radius 3 is 2.46 bits per heavy atom. The minimum atomic E-state index is -0.918. The van der Waals surface area contributed by atoms with E-state index in [0.717, 1.165) is 0 Å². The average Bonchev–Trinajstić information content (AvgIpc) is 2.35. The second kappa shape index (κ2) is 3.79. The first kappa shape index (κ1) is 12.0. The quantitative estimate of drug-likeness (QED) is 0.788. The summed E-state index contributed by atoms with van der Waals surface area (Å²) in [5, 5.41) is 8.88. The summed E-state index contributed by atoms with van der Waals surface area (Å²) in [5.41, 5.74) is -0.918. The Bertz CT molecular complexity index is 307. The number of hydrogen-bond acceptors (Lipinski definition) is 2. The number of nitrogens with zero attached hydrogens (tertiary/aromatic N) is 2. The highest BCUT2D eigenvalue weighted by molar-refractivity contribution is 5.85. The van der Waals surface area contributed by atoms with Gasteiger partial charge in [0.2, 0.25) is 0 Å². The van der Waals surface area contributed by atoms with Crippen LogP contribution in [0.5, 0.6) is 0 Å². The molecule has 5 heteroatoms. The molecule has 0 unspecified atom stereocenters. The molecule has 0 radical (unpaired) electrons. The van der Waals surface area contributed by atoms with Crippen molar-refractivity contribution in [1.82, 2.24) is 9.55 Å². The van der Waals surface area contributed by atoms with Gasteiger partial charge < -0.3 is 9.67 Å². The molecule has 1 aromatic heterocycles. The van der Waals surface area contributed by atoms with E-state index in [2.05, 4.69) is 4.98 Å². The standard InChI is InChI=1S/C8H12N2O2.ClH/c1-8(2,7(11)12)6-9-4-5-10(6)3;/h4-5H,1-3H3,(H,11,12);1H. The van der Waals surface area contributed by atoms with E-state index >= 15 is 0 Å². The maximum Gasteiger partial charge on any atom is 0.316 e. The lowest BCUT2D eigenvalue weighted by Crippen LogP contribution is -2.31. The highest BCUT2D eigenvalue weighted by Gasteiger charge is 2.33. The van der Waals surface area contributed by atoms with Crippen molar-refractivity contribution in [2.75, 3.05) is 0 Å². The Balaban J connectivity index is 0.00000144. The van der Waals surface area contributed by atoms with E-state index in [-0.39, 0.29) is 12.4 Å². The third-order valence-corrected chi connectivity index (χ3v) is 1.91. The SMILES string of the molecule is Cl.Cn1ccnc1C(C)(C)C(=O)O. The van der Waals surface area contributed by atoms with E-state index in [0.29, 0.717) is 5.82 Å². The second-order valence-corrected chi connectivity index (χ2v) is 3.29. The lowest BCUT2D eigenvalue weighted by molar-refractivity contribution is -0.142. The molecule has 0 amide bonds. The van der Waals surface area contributed by atoms with Crippen LogP contribution < -0.4 is 0 Å². The van der Waals surface area contributed by atoms with Crippen LogP contribution in [0.25, 0.3) is 0 Å². The topological polar surface area (TPSA) is 55.1 Å². The summed E-state index contributed by atoms with van der Waals surface area (Å²) >= 11 is 0. The zero-order chi connectivity index (χ0) is 9.35. The van der Waals surface area contributed by atoms with Crippen molar-refractivity contribution >= 4 is 18.4 Å². The van der Waals surface area contributed by atoms with Gasteiger partial charge in [-0.15, -0.1) is 12.4 Å². The van der Waals surface area contributed by atoms with E-state index in [4.69, 9.17) is 5.11 Å². The predicted octanol–water partition coefficient (Wildman–Crippen LogP) is 1.20. The monoisotopic (exact) mass is 204 g/mol. The number of aliphatic carboxylic acids is 1. The van der Waals surface area contributed by atoms with Gasteiger partial charge in [-0.25, -0.2) is 4.98 Å². The normalized spacial score (nSPS) is 10.7. The van der Waals surface area contributed by atoms with Crippen molar-refractivity contribution in [2.45, 2.75) is 19.3 Å². The number of carbonyl (C=O) groups is 1. The largest absolute Gasteiger partial charge is 0.481 e. The maximum atomic E-state index is 10.8. The Kier molecular flexibility index (Phi) is 3.49. The van der Waals surface area contributed by atoms with Crippen LogP contribution in [0, 0.1) is 0 Å². The van der Waals surface area contributed by atoms with Crippen molar-refractivity contribution < 1.29 is 9.90 Å². The van der Waals surface area contributed by atoms with Crippen molar-refractivity contribution in [1.29, 1.82) is 0 Å². The number of aromatic nitrogens is 2. The van der Waals surface area contributed by atoms with Crippen molar-refractivity contribution in [2.24, 2.45) is 7.05 Å². The molecule has 0 bridgehead atoms. The Morgan fingerprint density at radius 1 is 1.62 bits per heavy atom. The van der Waals surface area contributed by atoms with Gasteiger partial charge >= 0.3 is 5.97 Å². The number of halogens is 1. The Labute approximate surface area is 83.0 Å². The molecule has 4 nitrogen and oxygen atoms in total. The van der Waals surface area contributed by atoms with Crippen LogP contribution in [0.1, 0.15) is 19.7 Å². The number of rotatable bonds is 2. The molecule has 0 aromatic carbocycles. The fourth-order valence-electron chi connectivity index (χ4n) is 1.06. The summed E-state index contributed by atoms with van der Waals surface area (Å²) < 4.78 is 1.72. The zero-order valence-corrected chi connectivity index (χ0v) is 8.63. The zero-order valence-electron chi connectivity index (χ0n) is 7.81. The first-order chi connectivity index (χ1) is 5.46. The minimum Gasteiger partial charge on any atom is -0.481 e. The van der Waals surface area contributed by atoms with E-state index in [1.165, 1.54) is 0 Å². The van der Waals surface area contributed by atoms with Gasteiger partial charge in [0.1, 0.15) is 11.2 Å². The van der Waals surface area contributed by atoms with Crippen molar-refractivity contribution in [3.05, 3.63) is 18.2 Å². The Hall–Kier alpha value is -1.03. The molecule has 0 aliphatic carbocycles. The number of hydrogen-bond donors (Lipinski definition) is 1. The van der Waals surface area contributed by atoms with E-state index in [1.807, 2.05) is 0 Å². The van der Waals surface area contributed by atoms with Crippen LogP contribution in [0.3, 0.4) is 0 Å². The molecular formula is C8H13ClN2O2. The summed E-state index contributed by atoms with van der Waals surface area (Å²) in [6.45, 7) is 3.27. The Morgan fingerprint density at radius 2 is 2.15 bits per heavy atom. The molecule has 0 aliphatic heterocycles. The summed E-state index contributed by atoms with van der Waals surface area (Å²) in [5.74, 6) is -0.299. The highest BCUT2D eigenvalue weighted by Crippen LogP contribution is 2.20. The van der Waals surface area contributed by atoms with Crippen molar-refractivity contribution in [3.8, 4) is 0 Å². The van der Waals surface area contributed by atoms with Gasteiger partial charge in [-0.3, -0.25) is 4.79 Å². The van der Waals surface area contributed by atoms with Gasteiger partial charge in [-0.05, 0) is 13.8 Å². The van der Waals surface area contributed by atoms with Crippen LogP contribution in [0.2, 0.25) is 0 Å². The molecule has 13 heavy (non-hydrogen) atoms. The van der Waals surface area contributed by atoms with E-state index < -0.39 is 11.4 Å². The van der Waals surface area contributed by atoms with E-state index in [1.54, 1.807) is 37.9 Å². The first-order valence-electron chi connectivity index (χ1n) is 3.67. The van der Waals surface area contributed by atoms with Crippen LogP contribution in [-0.2, 0) is 17.3 Å². The van der Waals surface area contributed by atoms with Crippen molar-refractivity contribution in [3.63, 3.8) is 0 Å². The van der Waals surface area contributed by atoms with Gasteiger partial charge in [0.15, 0.2) is 0 Å². The average molecular weight is 205 g/mol. The maximum absolute atomic E-state index is 10.8. The fourth-order valence-corrected chi connectivity index (χ4v) is 1.06. The number of imidazole rings is 1. The smallest absolute Gasteiger partial charge is 0.316 e. The van der Waals surface area contributed by atoms with Crippen LogP contribution in [0.15, 0.2) is 12.4 Å². The van der Waals surface area contributed by atoms with Crippen LogP contribution >= 0.6 is 12.4 Å². The molecular weight excluding hydrogens is 192 g/mol. The molecule has 1 rings (SSSR count). The van der Waals surface area contributed by atoms with E-state index in [9.17, 15) is 4.79 Å². The molecule has 74 valence electrons. The summed E-state index contributed by atoms with van der Waals surface area (Å²) in [6, 6.07) is 0. The highest BCUT2D eigenvalue weighted by atomic mass is 35.5. The third-order valence-electron chi connectivity index (χ3n) is 1.91. The molecule has 0 aliphatic rings. The lowest BCUT2D eigenvalue weighted by atomic mass is 9.93. The molecule has 0 spiro atoms. The van der Waals surface area contributed by atoms with Gasteiger partial charge in [0, 0.05) is 19.4 Å². The fraction of sp³-hybridized carbons (Fsp3) is 0.500. The number of carboxylic acids is 1. The third kappa shape index (κ3) is 2.01. The molecule has 1 heterocycles. The molecule has 0 saturated carbocycles. The van der Waals surface area contributed by atoms with Gasteiger partial charge in [-0.2, -0.15) is 0 Å². The molecule has 0 saturated heterocycles. The summed E-state index contributed by atoms with van der Waals surface area (Å²) in [7, 11) is 1.78. The summed E-state index contributed by atoms with van der Waals surface area (Å²) in [4.78, 5) is 14.8. The summed E-state index contributed by atoms with van der Waals surface area (Å²) in [6.07, 6.45) is 3.33. The minimum absolute atomic E-state index is 0. The predicted molar refractivity (Wildman–Crippen MR) is 51.1 cm³/mol. The first-order valence-corrected chi connectivity index (χ1v) is 3.67. The van der Waals surface area contributed by atoms with Gasteiger partial charge in [-0.1, -0.05) is 0 Å².